The molecule has 0 atom stereocenters. The molecular weight excluding hydrogens is 404 g/mol. The average molecular weight is 431 g/mol. The third-order valence-electron chi connectivity index (χ3n) is 6.00. The summed E-state index contributed by atoms with van der Waals surface area (Å²) in [6.07, 6.45) is 2.80. The monoisotopic (exact) mass is 430 g/mol. The summed E-state index contributed by atoms with van der Waals surface area (Å²) in [5, 5.41) is 12.6. The number of aromatic nitrogens is 3. The van der Waals surface area contributed by atoms with Crippen molar-refractivity contribution in [3.63, 3.8) is 0 Å². The van der Waals surface area contributed by atoms with Crippen molar-refractivity contribution in [2.45, 2.75) is 6.42 Å². The highest BCUT2D eigenvalue weighted by Gasteiger charge is 2.19. The second kappa shape index (κ2) is 8.47. The van der Waals surface area contributed by atoms with Crippen LogP contribution >= 0.6 is 0 Å². The number of ether oxygens (including phenoxy) is 1. The Morgan fingerprint density at radius 2 is 1.91 bits per heavy atom. The maximum atomic E-state index is 12.9. The van der Waals surface area contributed by atoms with E-state index < -0.39 is 0 Å². The van der Waals surface area contributed by atoms with Crippen molar-refractivity contribution in [1.29, 1.82) is 0 Å². The molecule has 0 radical (unpaired) electrons. The van der Waals surface area contributed by atoms with E-state index in [1.54, 1.807) is 13.3 Å². The Balaban J connectivity index is 1.39. The number of carbonyl (C=O) groups is 1. The largest absolute Gasteiger partial charge is 0.497 e. The molecule has 1 aliphatic heterocycles. The van der Waals surface area contributed by atoms with Crippen LogP contribution in [0.5, 0.6) is 5.75 Å². The zero-order valence-electron chi connectivity index (χ0n) is 18.3. The molecular formula is C24H26N6O2. The zero-order chi connectivity index (χ0) is 22.1. The van der Waals surface area contributed by atoms with Crippen molar-refractivity contribution in [3.8, 4) is 5.75 Å². The third-order valence-corrected chi connectivity index (χ3v) is 6.00. The summed E-state index contributed by atoms with van der Waals surface area (Å²) in [6, 6.07) is 13.4. The van der Waals surface area contributed by atoms with Gasteiger partial charge in [0.05, 0.1) is 18.8 Å². The number of methoxy groups -OCH3 is 1. The Hall–Kier alpha value is -3.65. The first kappa shape index (κ1) is 20.3. The van der Waals surface area contributed by atoms with Gasteiger partial charge < -0.3 is 19.9 Å². The van der Waals surface area contributed by atoms with Crippen molar-refractivity contribution in [3.05, 3.63) is 54.2 Å². The topological polar surface area (TPSA) is 86.4 Å². The zero-order valence-corrected chi connectivity index (χ0v) is 18.3. The highest BCUT2D eigenvalue weighted by Crippen LogP contribution is 2.31. The molecule has 1 saturated heterocycles. The molecule has 0 spiro atoms. The maximum absolute atomic E-state index is 12.9. The number of nitrogens with one attached hydrogen (secondary N) is 2. The van der Waals surface area contributed by atoms with Gasteiger partial charge in [-0.15, -0.1) is 0 Å². The Morgan fingerprint density at radius 1 is 1.06 bits per heavy atom. The van der Waals surface area contributed by atoms with E-state index >= 15 is 0 Å². The van der Waals surface area contributed by atoms with E-state index in [9.17, 15) is 4.79 Å². The van der Waals surface area contributed by atoms with Crippen LogP contribution < -0.4 is 10.1 Å². The van der Waals surface area contributed by atoms with Crippen LogP contribution in [-0.4, -0.2) is 71.2 Å². The van der Waals surface area contributed by atoms with Crippen LogP contribution in [0.25, 0.3) is 21.8 Å². The summed E-state index contributed by atoms with van der Waals surface area (Å²) >= 11 is 0. The lowest BCUT2D eigenvalue weighted by atomic mass is 10.1. The van der Waals surface area contributed by atoms with E-state index in [1.807, 2.05) is 47.4 Å². The Morgan fingerprint density at radius 3 is 2.72 bits per heavy atom. The molecule has 2 aromatic carbocycles. The number of hydrogen-bond acceptors (Lipinski definition) is 6. The summed E-state index contributed by atoms with van der Waals surface area (Å²) in [7, 11) is 3.75. The fourth-order valence-corrected chi connectivity index (χ4v) is 4.16. The van der Waals surface area contributed by atoms with Gasteiger partial charge in [-0.05, 0) is 62.5 Å². The van der Waals surface area contributed by atoms with Crippen molar-refractivity contribution in [2.24, 2.45) is 0 Å². The molecule has 2 N–H and O–H groups in total. The maximum Gasteiger partial charge on any atom is 0.253 e. The van der Waals surface area contributed by atoms with Crippen LogP contribution in [-0.2, 0) is 0 Å². The number of rotatable bonds is 4. The van der Waals surface area contributed by atoms with Gasteiger partial charge >= 0.3 is 0 Å². The highest BCUT2D eigenvalue weighted by molar-refractivity contribution is 6.09. The van der Waals surface area contributed by atoms with Crippen LogP contribution in [0, 0.1) is 0 Å². The molecule has 4 aromatic rings. The third kappa shape index (κ3) is 3.85. The minimum absolute atomic E-state index is 0.0839. The van der Waals surface area contributed by atoms with Crippen molar-refractivity contribution >= 4 is 39.2 Å². The summed E-state index contributed by atoms with van der Waals surface area (Å²) < 4.78 is 5.35. The Kier molecular flexibility index (Phi) is 5.36. The van der Waals surface area contributed by atoms with Gasteiger partial charge in [-0.3, -0.25) is 9.89 Å². The lowest BCUT2D eigenvalue weighted by Crippen LogP contribution is -2.34. The molecule has 0 bridgehead atoms. The number of benzene rings is 2. The number of likely N-dealkylation sites (N-methyl/N-ethyl adjacent to an activating group) is 1. The van der Waals surface area contributed by atoms with Gasteiger partial charge in [0.15, 0.2) is 5.82 Å². The molecule has 1 aliphatic rings. The molecule has 0 aliphatic carbocycles. The molecule has 0 unspecified atom stereocenters. The number of fused-ring (bicyclic) bond motifs is 3. The summed E-state index contributed by atoms with van der Waals surface area (Å²) in [5.74, 6) is 1.55. The van der Waals surface area contributed by atoms with Gasteiger partial charge in [0.1, 0.15) is 11.3 Å². The average Bonchev–Trinajstić information content (AvgIpc) is 3.22. The number of carbonyl (C=O) groups excluding carboxylic acids is 1. The van der Waals surface area contributed by atoms with E-state index in [1.165, 1.54) is 0 Å². The van der Waals surface area contributed by atoms with Gasteiger partial charge in [-0.2, -0.15) is 5.10 Å². The molecule has 0 saturated carbocycles. The van der Waals surface area contributed by atoms with E-state index in [-0.39, 0.29) is 5.91 Å². The summed E-state index contributed by atoms with van der Waals surface area (Å²) in [6.45, 7) is 3.50. The number of amides is 1. The standard InChI is InChI=1S/C24H26N6O2/c1-29-10-3-11-30(13-12-29)24(31)16-4-6-17(7-5-16)26-23-22-20(15-25-28-22)19-14-18(32-2)8-9-21(19)27-23/h4-9,14-15H,3,10-13H2,1-2H3,(H,25,28)(H,26,27). The fourth-order valence-electron chi connectivity index (χ4n) is 4.16. The Bertz CT molecular complexity index is 1270. The van der Waals surface area contributed by atoms with Crippen LogP contribution in [0.1, 0.15) is 16.8 Å². The van der Waals surface area contributed by atoms with Gasteiger partial charge in [0.2, 0.25) is 0 Å². The number of hydrogen-bond donors (Lipinski definition) is 2. The molecule has 1 amide bonds. The molecule has 164 valence electrons. The minimum Gasteiger partial charge on any atom is -0.497 e. The Labute approximate surface area is 186 Å². The number of H-pyrrole nitrogens is 1. The molecule has 8 nitrogen and oxygen atoms in total. The lowest BCUT2D eigenvalue weighted by molar-refractivity contribution is 0.0763. The molecule has 3 heterocycles. The van der Waals surface area contributed by atoms with Crippen LogP contribution in [0.4, 0.5) is 11.5 Å². The predicted octanol–water partition coefficient (Wildman–Crippen LogP) is 3.64. The first-order valence-electron chi connectivity index (χ1n) is 10.8. The summed E-state index contributed by atoms with van der Waals surface area (Å²) in [4.78, 5) is 21.9. The molecule has 1 fully saturated rings. The van der Waals surface area contributed by atoms with Crippen LogP contribution in [0.3, 0.4) is 0 Å². The smallest absolute Gasteiger partial charge is 0.253 e. The second-order valence-corrected chi connectivity index (χ2v) is 8.15. The van der Waals surface area contributed by atoms with E-state index in [0.717, 1.165) is 65.8 Å². The summed E-state index contributed by atoms with van der Waals surface area (Å²) in [5.41, 5.74) is 3.22. The first-order chi connectivity index (χ1) is 15.6. The number of nitrogens with zero attached hydrogens (tertiary/aromatic N) is 4. The fraction of sp³-hybridized carbons (Fsp3) is 0.292. The highest BCUT2D eigenvalue weighted by atomic mass is 16.5. The number of anilines is 2. The van der Waals surface area contributed by atoms with E-state index in [2.05, 4.69) is 27.5 Å². The van der Waals surface area contributed by atoms with Crippen LogP contribution in [0.15, 0.2) is 48.7 Å². The van der Waals surface area contributed by atoms with Gasteiger partial charge in [-0.25, -0.2) is 4.98 Å². The second-order valence-electron chi connectivity index (χ2n) is 8.15. The van der Waals surface area contributed by atoms with Crippen LogP contribution in [0.2, 0.25) is 0 Å². The quantitative estimate of drug-likeness (QED) is 0.514. The van der Waals surface area contributed by atoms with Gasteiger partial charge in [-0.1, -0.05) is 0 Å². The normalized spacial score (nSPS) is 15.1. The lowest BCUT2D eigenvalue weighted by Gasteiger charge is -2.20. The number of aromatic amines is 1. The first-order valence-corrected chi connectivity index (χ1v) is 10.8. The molecule has 8 heteroatoms. The van der Waals surface area contributed by atoms with Crippen molar-refractivity contribution < 1.29 is 9.53 Å². The number of pyridine rings is 1. The van der Waals surface area contributed by atoms with Gasteiger partial charge in [0, 0.05) is 41.7 Å². The molecule has 32 heavy (non-hydrogen) atoms. The van der Waals surface area contributed by atoms with Gasteiger partial charge in [0.25, 0.3) is 5.91 Å². The molecule has 2 aromatic heterocycles. The SMILES string of the molecule is COc1ccc2nc(Nc3ccc(C(=O)N4CCCN(C)CC4)cc3)c3[nH]ncc3c2c1. The minimum atomic E-state index is 0.0839. The molecule has 5 rings (SSSR count). The van der Waals surface area contributed by atoms with Crippen molar-refractivity contribution in [1.82, 2.24) is 25.0 Å². The van der Waals surface area contributed by atoms with Crippen molar-refractivity contribution in [2.75, 3.05) is 45.7 Å². The van der Waals surface area contributed by atoms with E-state index in [0.29, 0.717) is 11.4 Å². The predicted molar refractivity (Wildman–Crippen MR) is 126 cm³/mol. The van der Waals surface area contributed by atoms with E-state index in [4.69, 9.17) is 9.72 Å².